The molecule has 0 aliphatic carbocycles. The van der Waals surface area contributed by atoms with E-state index in [1.54, 1.807) is 0 Å². The molecule has 0 aliphatic rings. The lowest BCUT2D eigenvalue weighted by molar-refractivity contribution is 0.386. The highest BCUT2D eigenvalue weighted by Crippen LogP contribution is 2.18. The molecule has 22 heavy (non-hydrogen) atoms. The van der Waals surface area contributed by atoms with Crippen LogP contribution < -0.4 is 14.6 Å². The van der Waals surface area contributed by atoms with Crippen molar-refractivity contribution in [2.45, 2.75) is 4.90 Å². The van der Waals surface area contributed by atoms with Crippen molar-refractivity contribution in [3.63, 3.8) is 0 Å². The zero-order chi connectivity index (χ0) is 16.4. The second-order valence-electron chi connectivity index (χ2n) is 4.06. The summed E-state index contributed by atoms with van der Waals surface area (Å²) in [5, 5.41) is 0. The first-order chi connectivity index (χ1) is 10.2. The lowest BCUT2D eigenvalue weighted by Crippen LogP contribution is -2.14. The Morgan fingerprint density at radius 2 is 1.68 bits per heavy atom. The van der Waals surface area contributed by atoms with Crippen molar-refractivity contribution in [1.29, 1.82) is 0 Å². The number of hydrogen-bond acceptors (Lipinski definition) is 7. The summed E-state index contributed by atoms with van der Waals surface area (Å²) in [5.41, 5.74) is 5.90. The molecular weight excluding hydrogens is 334 g/mol. The lowest BCUT2D eigenvalue weighted by Gasteiger charge is -2.08. The summed E-state index contributed by atoms with van der Waals surface area (Å²) in [6.45, 7) is 0. The third-order valence-corrected chi connectivity index (χ3v) is 4.14. The maximum atomic E-state index is 12.1. The number of rotatable bonds is 5. The molecule has 1 aromatic carbocycles. The summed E-state index contributed by atoms with van der Waals surface area (Å²) in [4.78, 5) is 3.66. The molecule has 0 amide bonds. The van der Waals surface area contributed by atoms with E-state index in [1.165, 1.54) is 30.3 Å². The highest BCUT2D eigenvalue weighted by atomic mass is 32.3. The Balaban J connectivity index is 2.18. The van der Waals surface area contributed by atoms with E-state index < -0.39 is 20.4 Å². The van der Waals surface area contributed by atoms with Crippen molar-refractivity contribution in [3.8, 4) is 5.75 Å². The molecule has 1 heterocycles. The molecule has 4 N–H and O–H groups in total. The van der Waals surface area contributed by atoms with Gasteiger partial charge in [0.2, 0.25) is 0 Å². The van der Waals surface area contributed by atoms with Gasteiger partial charge in [0.05, 0.1) is 11.1 Å². The maximum absolute atomic E-state index is 12.1. The Labute approximate surface area is 126 Å². The zero-order valence-electron chi connectivity index (χ0n) is 10.9. The van der Waals surface area contributed by atoms with Crippen LogP contribution in [0.1, 0.15) is 0 Å². The van der Waals surface area contributed by atoms with Gasteiger partial charge >= 0.3 is 10.4 Å². The number of nitrogens with one attached hydrogen (secondary N) is 1. The van der Waals surface area contributed by atoms with Crippen LogP contribution in [0.5, 0.6) is 5.75 Å². The van der Waals surface area contributed by atoms with Crippen LogP contribution in [-0.4, -0.2) is 26.4 Å². The highest BCUT2D eigenvalue weighted by molar-refractivity contribution is 7.92. The number of nitrogens with zero attached hydrogens (tertiary/aromatic N) is 1. The van der Waals surface area contributed by atoms with Crippen molar-refractivity contribution in [3.05, 3.63) is 42.6 Å². The summed E-state index contributed by atoms with van der Waals surface area (Å²) in [7, 11) is -8.52. The molecule has 0 unspecified atom stereocenters. The second-order valence-corrected chi connectivity index (χ2v) is 6.77. The number of nitrogen functional groups attached to an aromatic ring is 1. The summed E-state index contributed by atoms with van der Waals surface area (Å²) in [6.07, 6.45) is 0.939. The van der Waals surface area contributed by atoms with Crippen molar-refractivity contribution in [2.24, 2.45) is 0 Å². The van der Waals surface area contributed by atoms with Gasteiger partial charge in [-0.05, 0) is 36.4 Å². The standard InChI is InChI=1S/C11H11N3O6S2/c12-8-1-4-10(5-2-8)21(15,16)14-11-6-3-9(7-13-11)20-22(17,18)19/h1-7H,12H2,(H,13,14)(H,17,18,19). The monoisotopic (exact) mass is 345 g/mol. The first kappa shape index (κ1) is 16.0. The summed E-state index contributed by atoms with van der Waals surface area (Å²) in [5.74, 6) is -0.322. The van der Waals surface area contributed by atoms with Crippen LogP contribution in [0.15, 0.2) is 47.5 Å². The first-order valence-electron chi connectivity index (χ1n) is 5.67. The van der Waals surface area contributed by atoms with E-state index in [0.29, 0.717) is 5.69 Å². The fourth-order valence-electron chi connectivity index (χ4n) is 1.46. The fraction of sp³-hybridized carbons (Fsp3) is 0. The Hall–Kier alpha value is -2.37. The Bertz CT molecular complexity index is 861. The first-order valence-corrected chi connectivity index (χ1v) is 8.52. The molecule has 0 bridgehead atoms. The summed E-state index contributed by atoms with van der Waals surface area (Å²) < 4.78 is 60.0. The molecule has 0 saturated heterocycles. The molecule has 0 aliphatic heterocycles. The van der Waals surface area contributed by atoms with Gasteiger partial charge in [0, 0.05) is 5.69 Å². The molecule has 0 spiro atoms. The van der Waals surface area contributed by atoms with Crippen molar-refractivity contribution < 1.29 is 25.6 Å². The molecule has 1 aromatic heterocycles. The molecule has 9 nitrogen and oxygen atoms in total. The van der Waals surface area contributed by atoms with Gasteiger partial charge in [0.1, 0.15) is 5.82 Å². The van der Waals surface area contributed by atoms with Crippen molar-refractivity contribution >= 4 is 31.9 Å². The highest BCUT2D eigenvalue weighted by Gasteiger charge is 2.15. The van der Waals surface area contributed by atoms with Crippen LogP contribution >= 0.6 is 0 Å². The number of anilines is 2. The van der Waals surface area contributed by atoms with Gasteiger partial charge in [-0.25, -0.2) is 13.4 Å². The third kappa shape index (κ3) is 4.31. The Morgan fingerprint density at radius 1 is 1.05 bits per heavy atom. The molecular formula is C11H11N3O6S2. The topological polar surface area (TPSA) is 149 Å². The molecule has 118 valence electrons. The van der Waals surface area contributed by atoms with Crippen LogP contribution in [0.3, 0.4) is 0 Å². The third-order valence-electron chi connectivity index (χ3n) is 2.37. The molecule has 0 radical (unpaired) electrons. The molecule has 11 heteroatoms. The minimum Gasteiger partial charge on any atom is -0.399 e. The van der Waals surface area contributed by atoms with Gasteiger partial charge < -0.3 is 9.92 Å². The molecule has 2 aromatic rings. The number of nitrogens with two attached hydrogens (primary N) is 1. The van der Waals surface area contributed by atoms with E-state index in [0.717, 1.165) is 12.3 Å². The van der Waals surface area contributed by atoms with E-state index in [4.69, 9.17) is 10.3 Å². The normalized spacial score (nSPS) is 11.9. The van der Waals surface area contributed by atoms with Gasteiger partial charge in [-0.15, -0.1) is 0 Å². The lowest BCUT2D eigenvalue weighted by atomic mass is 10.3. The van der Waals surface area contributed by atoms with Crippen LogP contribution in [-0.2, 0) is 20.4 Å². The number of sulfonamides is 1. The van der Waals surface area contributed by atoms with Gasteiger partial charge in [0.25, 0.3) is 10.0 Å². The number of benzene rings is 1. The van der Waals surface area contributed by atoms with Crippen molar-refractivity contribution in [2.75, 3.05) is 10.5 Å². The van der Waals surface area contributed by atoms with Gasteiger partial charge in [0.15, 0.2) is 5.75 Å². The number of pyridine rings is 1. The van der Waals surface area contributed by atoms with E-state index >= 15 is 0 Å². The van der Waals surface area contributed by atoms with Gasteiger partial charge in [-0.3, -0.25) is 9.27 Å². The van der Waals surface area contributed by atoms with E-state index in [-0.39, 0.29) is 16.5 Å². The predicted octanol–water partition coefficient (Wildman–Crippen LogP) is 0.646. The predicted molar refractivity (Wildman–Crippen MR) is 78.1 cm³/mol. The maximum Gasteiger partial charge on any atom is 0.446 e. The van der Waals surface area contributed by atoms with Gasteiger partial charge in [-0.2, -0.15) is 8.42 Å². The average molecular weight is 345 g/mol. The number of aromatic nitrogens is 1. The quantitative estimate of drug-likeness (QED) is 0.528. The largest absolute Gasteiger partial charge is 0.446 e. The van der Waals surface area contributed by atoms with Crippen LogP contribution in [0, 0.1) is 0 Å². The van der Waals surface area contributed by atoms with Crippen LogP contribution in [0.4, 0.5) is 11.5 Å². The minimum atomic E-state index is -4.66. The minimum absolute atomic E-state index is 0.0123. The van der Waals surface area contributed by atoms with Gasteiger partial charge in [-0.1, -0.05) is 0 Å². The van der Waals surface area contributed by atoms with E-state index in [9.17, 15) is 16.8 Å². The van der Waals surface area contributed by atoms with Crippen LogP contribution in [0.2, 0.25) is 0 Å². The van der Waals surface area contributed by atoms with Crippen LogP contribution in [0.25, 0.3) is 0 Å². The molecule has 0 fully saturated rings. The second kappa shape index (κ2) is 5.79. The zero-order valence-corrected chi connectivity index (χ0v) is 12.5. The number of hydrogen-bond donors (Lipinski definition) is 3. The fourth-order valence-corrected chi connectivity index (χ4v) is 2.81. The average Bonchev–Trinajstić information content (AvgIpc) is 2.39. The molecule has 2 rings (SSSR count). The summed E-state index contributed by atoms with van der Waals surface area (Å²) >= 11 is 0. The smallest absolute Gasteiger partial charge is 0.399 e. The Kier molecular flexibility index (Phi) is 4.21. The van der Waals surface area contributed by atoms with E-state index in [1.807, 2.05) is 0 Å². The Morgan fingerprint density at radius 3 is 2.18 bits per heavy atom. The van der Waals surface area contributed by atoms with E-state index in [2.05, 4.69) is 13.9 Å². The summed E-state index contributed by atoms with van der Waals surface area (Å²) in [6, 6.07) is 7.83. The SMILES string of the molecule is Nc1ccc(S(=O)(=O)Nc2ccc(OS(=O)(=O)O)cn2)cc1. The van der Waals surface area contributed by atoms with Crippen molar-refractivity contribution in [1.82, 2.24) is 4.98 Å². The molecule has 0 atom stereocenters. The molecule has 0 saturated carbocycles.